The van der Waals surface area contributed by atoms with Crippen molar-refractivity contribution in [3.05, 3.63) is 71.9 Å². The average molecular weight is 359 g/mol. The number of hydrogen-bond acceptors (Lipinski definition) is 4. The van der Waals surface area contributed by atoms with Crippen LogP contribution in [0.4, 0.5) is 0 Å². The van der Waals surface area contributed by atoms with Crippen LogP contribution in [0.15, 0.2) is 60.8 Å². The van der Waals surface area contributed by atoms with E-state index < -0.39 is 7.12 Å². The molecule has 5 heteroatoms. The Labute approximate surface area is 159 Å². The molecule has 136 valence electrons. The molecule has 27 heavy (non-hydrogen) atoms. The second kappa shape index (κ2) is 6.29. The van der Waals surface area contributed by atoms with E-state index in [1.54, 1.807) is 6.20 Å². The SMILES string of the molecule is CC1(C)OB(c2ccc(C(=O)c3cccc4cccnc34)cc2)OC1(C)C. The molecule has 0 spiro atoms. The topological polar surface area (TPSA) is 48.4 Å². The summed E-state index contributed by atoms with van der Waals surface area (Å²) in [6.45, 7) is 8.10. The van der Waals surface area contributed by atoms with Crippen molar-refractivity contribution < 1.29 is 14.1 Å². The van der Waals surface area contributed by atoms with Gasteiger partial charge in [-0.1, -0.05) is 42.5 Å². The van der Waals surface area contributed by atoms with Crippen LogP contribution in [0.5, 0.6) is 0 Å². The van der Waals surface area contributed by atoms with Crippen molar-refractivity contribution in [3.8, 4) is 0 Å². The quantitative estimate of drug-likeness (QED) is 0.528. The maximum Gasteiger partial charge on any atom is 0.494 e. The van der Waals surface area contributed by atoms with Crippen molar-refractivity contribution in [1.82, 2.24) is 4.98 Å². The Kier molecular flexibility index (Phi) is 4.17. The number of ketones is 1. The minimum absolute atomic E-state index is 0.0419. The molecule has 0 aliphatic carbocycles. The standard InChI is InChI=1S/C22H22BNO3/c1-21(2)22(3,4)27-23(26-21)17-12-10-16(11-13-17)20(25)18-9-5-7-15-8-6-14-24-19(15)18/h5-14H,1-4H3. The van der Waals surface area contributed by atoms with Crippen LogP contribution >= 0.6 is 0 Å². The number of nitrogens with zero attached hydrogens (tertiary/aromatic N) is 1. The van der Waals surface area contributed by atoms with Crippen LogP contribution in [0, 0.1) is 0 Å². The highest BCUT2D eigenvalue weighted by molar-refractivity contribution is 6.62. The van der Waals surface area contributed by atoms with E-state index in [1.807, 2.05) is 82.3 Å². The van der Waals surface area contributed by atoms with Gasteiger partial charge in [-0.2, -0.15) is 0 Å². The Bertz CT molecular complexity index is 990. The lowest BCUT2D eigenvalue weighted by molar-refractivity contribution is 0.00578. The average Bonchev–Trinajstić information content (AvgIpc) is 2.88. The maximum atomic E-state index is 13.0. The molecule has 0 saturated carbocycles. The second-order valence-electron chi connectivity index (χ2n) is 7.92. The maximum absolute atomic E-state index is 13.0. The predicted octanol–water partition coefficient (Wildman–Crippen LogP) is 3.77. The molecule has 1 fully saturated rings. The van der Waals surface area contributed by atoms with Gasteiger partial charge in [0.1, 0.15) is 0 Å². The van der Waals surface area contributed by atoms with Gasteiger partial charge in [0.15, 0.2) is 5.78 Å². The molecule has 4 rings (SSSR count). The number of benzene rings is 2. The normalized spacial score (nSPS) is 18.0. The molecule has 1 aliphatic heterocycles. The molecule has 0 bridgehead atoms. The van der Waals surface area contributed by atoms with Crippen LogP contribution in [0.2, 0.25) is 0 Å². The summed E-state index contributed by atoms with van der Waals surface area (Å²) >= 11 is 0. The van der Waals surface area contributed by atoms with Crippen molar-refractivity contribution in [1.29, 1.82) is 0 Å². The minimum Gasteiger partial charge on any atom is -0.399 e. The molecule has 1 aromatic heterocycles. The lowest BCUT2D eigenvalue weighted by Crippen LogP contribution is -2.41. The van der Waals surface area contributed by atoms with E-state index in [0.717, 1.165) is 16.4 Å². The molecule has 1 aliphatic rings. The monoisotopic (exact) mass is 359 g/mol. The van der Waals surface area contributed by atoms with Gasteiger partial charge in [-0.25, -0.2) is 0 Å². The summed E-state index contributed by atoms with van der Waals surface area (Å²) in [7, 11) is -0.432. The van der Waals surface area contributed by atoms with Crippen LogP contribution in [-0.2, 0) is 9.31 Å². The largest absolute Gasteiger partial charge is 0.494 e. The molecule has 0 amide bonds. The van der Waals surface area contributed by atoms with Crippen molar-refractivity contribution in [2.75, 3.05) is 0 Å². The van der Waals surface area contributed by atoms with Crippen LogP contribution in [0.3, 0.4) is 0 Å². The van der Waals surface area contributed by atoms with Gasteiger partial charge in [0.05, 0.1) is 16.7 Å². The van der Waals surface area contributed by atoms with Crippen molar-refractivity contribution in [2.45, 2.75) is 38.9 Å². The number of hydrogen-bond donors (Lipinski definition) is 0. The van der Waals surface area contributed by atoms with Crippen molar-refractivity contribution >= 4 is 29.3 Å². The molecule has 2 heterocycles. The van der Waals surface area contributed by atoms with E-state index in [9.17, 15) is 4.79 Å². The van der Waals surface area contributed by atoms with Crippen molar-refractivity contribution in [2.24, 2.45) is 0 Å². The zero-order valence-electron chi connectivity index (χ0n) is 16.0. The van der Waals surface area contributed by atoms with E-state index in [-0.39, 0.29) is 17.0 Å². The van der Waals surface area contributed by atoms with Crippen LogP contribution in [0.25, 0.3) is 10.9 Å². The summed E-state index contributed by atoms with van der Waals surface area (Å²) in [6.07, 6.45) is 1.71. The number of para-hydroxylation sites is 1. The van der Waals surface area contributed by atoms with Crippen LogP contribution < -0.4 is 5.46 Å². The van der Waals surface area contributed by atoms with Gasteiger partial charge in [0, 0.05) is 22.7 Å². The molecule has 0 atom stereocenters. The number of aromatic nitrogens is 1. The molecule has 1 saturated heterocycles. The summed E-state index contributed by atoms with van der Waals surface area (Å²) in [5.41, 5.74) is 2.08. The van der Waals surface area contributed by atoms with Gasteiger partial charge < -0.3 is 9.31 Å². The summed E-state index contributed by atoms with van der Waals surface area (Å²) < 4.78 is 12.2. The number of pyridine rings is 1. The fourth-order valence-corrected chi connectivity index (χ4v) is 3.21. The zero-order valence-corrected chi connectivity index (χ0v) is 16.0. The minimum atomic E-state index is -0.432. The molecule has 2 aromatic carbocycles. The fourth-order valence-electron chi connectivity index (χ4n) is 3.21. The Balaban J connectivity index is 1.62. The predicted molar refractivity (Wildman–Crippen MR) is 107 cm³/mol. The number of carbonyl (C=O) groups is 1. The summed E-state index contributed by atoms with van der Waals surface area (Å²) in [5, 5.41) is 0.956. The highest BCUT2D eigenvalue weighted by atomic mass is 16.7. The summed E-state index contributed by atoms with van der Waals surface area (Å²) in [5.74, 6) is -0.0419. The first-order chi connectivity index (χ1) is 12.8. The van der Waals surface area contributed by atoms with Gasteiger partial charge in [0.2, 0.25) is 0 Å². The first-order valence-corrected chi connectivity index (χ1v) is 9.12. The van der Waals surface area contributed by atoms with E-state index in [4.69, 9.17) is 9.31 Å². The fraction of sp³-hybridized carbons (Fsp3) is 0.273. The lowest BCUT2D eigenvalue weighted by Gasteiger charge is -2.32. The Morgan fingerprint density at radius 1 is 0.889 bits per heavy atom. The summed E-state index contributed by atoms with van der Waals surface area (Å²) in [6, 6.07) is 16.9. The molecular formula is C22H22BNO3. The van der Waals surface area contributed by atoms with E-state index in [0.29, 0.717) is 11.1 Å². The third kappa shape index (κ3) is 3.07. The van der Waals surface area contributed by atoms with E-state index in [2.05, 4.69) is 4.98 Å². The third-order valence-corrected chi connectivity index (χ3v) is 5.58. The van der Waals surface area contributed by atoms with Crippen molar-refractivity contribution in [3.63, 3.8) is 0 Å². The molecule has 4 nitrogen and oxygen atoms in total. The first-order valence-electron chi connectivity index (χ1n) is 9.12. The van der Waals surface area contributed by atoms with Gasteiger partial charge in [-0.3, -0.25) is 9.78 Å². The molecule has 3 aromatic rings. The van der Waals surface area contributed by atoms with Crippen LogP contribution in [0.1, 0.15) is 43.6 Å². The Morgan fingerprint density at radius 3 is 2.19 bits per heavy atom. The molecule has 0 N–H and O–H groups in total. The Hall–Kier alpha value is -2.50. The highest BCUT2D eigenvalue weighted by Gasteiger charge is 2.51. The summed E-state index contributed by atoms with van der Waals surface area (Å²) in [4.78, 5) is 17.4. The highest BCUT2D eigenvalue weighted by Crippen LogP contribution is 2.36. The van der Waals surface area contributed by atoms with Gasteiger partial charge in [-0.15, -0.1) is 0 Å². The van der Waals surface area contributed by atoms with E-state index >= 15 is 0 Å². The molecule has 0 radical (unpaired) electrons. The third-order valence-electron chi connectivity index (χ3n) is 5.58. The Morgan fingerprint density at radius 2 is 1.52 bits per heavy atom. The second-order valence-corrected chi connectivity index (χ2v) is 7.92. The van der Waals surface area contributed by atoms with E-state index in [1.165, 1.54) is 0 Å². The van der Waals surface area contributed by atoms with Gasteiger partial charge in [-0.05, 0) is 45.3 Å². The number of fused-ring (bicyclic) bond motifs is 1. The number of carbonyl (C=O) groups excluding carboxylic acids is 1. The lowest BCUT2D eigenvalue weighted by atomic mass is 9.78. The van der Waals surface area contributed by atoms with Gasteiger partial charge in [0.25, 0.3) is 0 Å². The van der Waals surface area contributed by atoms with Crippen LogP contribution in [-0.4, -0.2) is 29.1 Å². The molecule has 0 unspecified atom stereocenters. The number of rotatable bonds is 3. The smallest absolute Gasteiger partial charge is 0.399 e. The first kappa shape index (κ1) is 17.9. The zero-order chi connectivity index (χ0) is 19.2. The molecular weight excluding hydrogens is 337 g/mol. The van der Waals surface area contributed by atoms with Gasteiger partial charge >= 0.3 is 7.12 Å².